The van der Waals surface area contributed by atoms with E-state index < -0.39 is 5.60 Å². The summed E-state index contributed by atoms with van der Waals surface area (Å²) in [6, 6.07) is 17.4. The number of fused-ring (bicyclic) bond motifs is 1. The van der Waals surface area contributed by atoms with Crippen LogP contribution in [-0.4, -0.2) is 51.1 Å². The topological polar surface area (TPSA) is 89.4 Å². The number of imidazole rings is 1. The lowest BCUT2D eigenvalue weighted by atomic mass is 9.98. The number of hydrogen-bond donors (Lipinski definition) is 1. The minimum atomic E-state index is -0.567. The molecule has 2 heterocycles. The van der Waals surface area contributed by atoms with Crippen molar-refractivity contribution in [2.45, 2.75) is 59.6 Å². The Labute approximate surface area is 230 Å². The molecule has 0 atom stereocenters. The number of pyridine rings is 1. The number of ether oxygens (including phenoxy) is 1. The van der Waals surface area contributed by atoms with E-state index in [1.807, 2.05) is 64.1 Å². The third-order valence-corrected chi connectivity index (χ3v) is 6.26. The number of anilines is 1. The van der Waals surface area contributed by atoms with Gasteiger partial charge in [0.2, 0.25) is 0 Å². The van der Waals surface area contributed by atoms with Crippen LogP contribution in [0.25, 0.3) is 22.3 Å². The number of aryl methyl sites for hydroxylation is 2. The molecule has 0 saturated carbocycles. The molecule has 2 aromatic heterocycles. The molecule has 1 N–H and O–H groups in total. The predicted octanol–water partition coefficient (Wildman–Crippen LogP) is 6.46. The Balaban J connectivity index is 1.65. The third-order valence-electron chi connectivity index (χ3n) is 6.26. The van der Waals surface area contributed by atoms with Gasteiger partial charge in [0, 0.05) is 20.5 Å². The first-order chi connectivity index (χ1) is 18.5. The number of amides is 2. The fraction of sp³-hybridized carbons (Fsp3) is 0.355. The lowest BCUT2D eigenvalue weighted by molar-refractivity contribution is 0.00704. The molecule has 8 heteroatoms. The molecule has 0 unspecified atom stereocenters. The molecular formula is C31H37N5O3. The number of benzene rings is 2. The van der Waals surface area contributed by atoms with Crippen molar-refractivity contribution in [1.29, 1.82) is 0 Å². The molecule has 204 valence electrons. The highest BCUT2D eigenvalue weighted by molar-refractivity contribution is 5.97. The molecule has 2 amide bonds. The van der Waals surface area contributed by atoms with Crippen LogP contribution in [0.3, 0.4) is 0 Å². The molecular weight excluding hydrogens is 490 g/mol. The van der Waals surface area contributed by atoms with Crippen LogP contribution in [0, 0.1) is 6.92 Å². The summed E-state index contributed by atoms with van der Waals surface area (Å²) in [4.78, 5) is 36.2. The van der Waals surface area contributed by atoms with Gasteiger partial charge in [0.1, 0.15) is 16.9 Å². The summed E-state index contributed by atoms with van der Waals surface area (Å²) in [5, 5.41) is 2.90. The van der Waals surface area contributed by atoms with Gasteiger partial charge in [-0.3, -0.25) is 0 Å². The van der Waals surface area contributed by atoms with Crippen molar-refractivity contribution in [1.82, 2.24) is 19.4 Å². The highest BCUT2D eigenvalue weighted by atomic mass is 16.6. The maximum Gasteiger partial charge on any atom is 0.339 e. The summed E-state index contributed by atoms with van der Waals surface area (Å²) < 4.78 is 7.77. The van der Waals surface area contributed by atoms with Crippen LogP contribution >= 0.6 is 0 Å². The summed E-state index contributed by atoms with van der Waals surface area (Å²) in [6.07, 6.45) is 1.77. The van der Waals surface area contributed by atoms with Crippen LogP contribution in [0.15, 0.2) is 54.6 Å². The minimum absolute atomic E-state index is 0.208. The van der Waals surface area contributed by atoms with Gasteiger partial charge in [-0.1, -0.05) is 49.4 Å². The number of esters is 1. The second-order valence-electron chi connectivity index (χ2n) is 10.9. The van der Waals surface area contributed by atoms with Gasteiger partial charge in [-0.2, -0.15) is 0 Å². The second-order valence-corrected chi connectivity index (χ2v) is 10.9. The van der Waals surface area contributed by atoms with Crippen molar-refractivity contribution in [2.24, 2.45) is 0 Å². The molecule has 0 aliphatic rings. The smallest absolute Gasteiger partial charge is 0.339 e. The predicted molar refractivity (Wildman–Crippen MR) is 155 cm³/mol. The average molecular weight is 528 g/mol. The van der Waals surface area contributed by atoms with Crippen molar-refractivity contribution in [3.8, 4) is 11.1 Å². The number of nitrogens with zero attached hydrogens (tertiary/aromatic N) is 4. The number of rotatable bonds is 7. The first-order valence-electron chi connectivity index (χ1n) is 13.2. The lowest BCUT2D eigenvalue weighted by Gasteiger charge is -2.20. The summed E-state index contributed by atoms with van der Waals surface area (Å²) in [6.45, 7) is 10.2. The van der Waals surface area contributed by atoms with Gasteiger partial charge in [-0.05, 0) is 62.9 Å². The number of nitrogens with one attached hydrogen (secondary N) is 1. The van der Waals surface area contributed by atoms with Gasteiger partial charge in [0.05, 0.1) is 23.5 Å². The van der Waals surface area contributed by atoms with Gasteiger partial charge in [-0.25, -0.2) is 19.6 Å². The first-order valence-corrected chi connectivity index (χ1v) is 13.2. The van der Waals surface area contributed by atoms with E-state index in [9.17, 15) is 9.59 Å². The number of hydrogen-bond acceptors (Lipinski definition) is 5. The van der Waals surface area contributed by atoms with Crippen LogP contribution < -0.4 is 5.32 Å². The van der Waals surface area contributed by atoms with E-state index in [2.05, 4.69) is 28.9 Å². The molecule has 0 aliphatic heterocycles. The SMILES string of the molecule is CCCc1nc2cc(NC(=O)N(C)C)c(C)nc2n1Cc1ccc(-c2ccccc2C(=O)OC(C)(C)C)cc1. The summed E-state index contributed by atoms with van der Waals surface area (Å²) in [5.41, 5.74) is 5.78. The molecule has 4 aromatic rings. The molecule has 0 aliphatic carbocycles. The van der Waals surface area contributed by atoms with Crippen molar-refractivity contribution in [3.63, 3.8) is 0 Å². The Kier molecular flexibility index (Phi) is 8.04. The highest BCUT2D eigenvalue weighted by Gasteiger charge is 2.21. The quantitative estimate of drug-likeness (QED) is 0.279. The van der Waals surface area contributed by atoms with E-state index in [-0.39, 0.29) is 12.0 Å². The largest absolute Gasteiger partial charge is 0.456 e. The Morgan fingerprint density at radius 2 is 1.72 bits per heavy atom. The Bertz CT molecular complexity index is 1500. The van der Waals surface area contributed by atoms with Gasteiger partial charge in [0.15, 0.2) is 5.65 Å². The summed E-state index contributed by atoms with van der Waals surface area (Å²) >= 11 is 0. The van der Waals surface area contributed by atoms with Gasteiger partial charge in [-0.15, -0.1) is 0 Å². The maximum atomic E-state index is 12.8. The van der Waals surface area contributed by atoms with E-state index in [4.69, 9.17) is 14.7 Å². The zero-order valence-corrected chi connectivity index (χ0v) is 23.8. The van der Waals surface area contributed by atoms with Crippen molar-refractivity contribution in [2.75, 3.05) is 19.4 Å². The van der Waals surface area contributed by atoms with Crippen molar-refractivity contribution >= 4 is 28.9 Å². The summed E-state index contributed by atoms with van der Waals surface area (Å²) in [7, 11) is 3.40. The zero-order valence-electron chi connectivity index (χ0n) is 23.8. The summed E-state index contributed by atoms with van der Waals surface area (Å²) in [5.74, 6) is 0.619. The highest BCUT2D eigenvalue weighted by Crippen LogP contribution is 2.28. The Hall–Kier alpha value is -4.20. The van der Waals surface area contributed by atoms with Crippen molar-refractivity contribution in [3.05, 3.63) is 77.2 Å². The molecule has 39 heavy (non-hydrogen) atoms. The van der Waals surface area contributed by atoms with E-state index >= 15 is 0 Å². The van der Waals surface area contributed by atoms with Crippen LogP contribution in [-0.2, 0) is 17.7 Å². The minimum Gasteiger partial charge on any atom is -0.456 e. The molecule has 0 spiro atoms. The van der Waals surface area contributed by atoms with Crippen LogP contribution in [0.2, 0.25) is 0 Å². The molecule has 0 radical (unpaired) electrons. The number of carbonyl (C=O) groups is 2. The van der Waals surface area contributed by atoms with Crippen molar-refractivity contribution < 1.29 is 14.3 Å². The standard InChI is InChI=1S/C31H37N5O3/c1-8-11-27-33-26-18-25(34-30(38)35(6)7)20(2)32-28(26)36(27)19-21-14-16-22(17-15-21)23-12-9-10-13-24(23)29(37)39-31(3,4)5/h9-10,12-18H,8,11,19H2,1-7H3,(H,34,38). The van der Waals surface area contributed by atoms with Crippen LogP contribution in [0.4, 0.5) is 10.5 Å². The monoisotopic (exact) mass is 527 g/mol. The second kappa shape index (κ2) is 11.3. The van der Waals surface area contributed by atoms with E-state index in [1.165, 1.54) is 4.90 Å². The van der Waals surface area contributed by atoms with E-state index in [0.717, 1.165) is 52.2 Å². The first kappa shape index (κ1) is 27.8. The molecule has 0 fully saturated rings. The lowest BCUT2D eigenvalue weighted by Crippen LogP contribution is -2.27. The normalized spacial score (nSPS) is 11.5. The Morgan fingerprint density at radius 3 is 2.36 bits per heavy atom. The Morgan fingerprint density at radius 1 is 1.03 bits per heavy atom. The fourth-order valence-electron chi connectivity index (χ4n) is 4.34. The fourth-order valence-corrected chi connectivity index (χ4v) is 4.34. The third kappa shape index (κ3) is 6.45. The molecule has 0 bridgehead atoms. The number of urea groups is 1. The number of aromatic nitrogens is 3. The van der Waals surface area contributed by atoms with Crippen LogP contribution in [0.1, 0.15) is 61.6 Å². The number of carbonyl (C=O) groups excluding carboxylic acids is 2. The van der Waals surface area contributed by atoms with Gasteiger partial charge < -0.3 is 19.5 Å². The molecule has 2 aromatic carbocycles. The van der Waals surface area contributed by atoms with Gasteiger partial charge >= 0.3 is 12.0 Å². The maximum absolute atomic E-state index is 12.8. The van der Waals surface area contributed by atoms with Gasteiger partial charge in [0.25, 0.3) is 0 Å². The van der Waals surface area contributed by atoms with E-state index in [1.54, 1.807) is 20.2 Å². The molecule has 4 rings (SSSR count). The zero-order chi connectivity index (χ0) is 28.3. The molecule has 0 saturated heterocycles. The van der Waals surface area contributed by atoms with E-state index in [0.29, 0.717) is 17.8 Å². The van der Waals surface area contributed by atoms with Crippen LogP contribution in [0.5, 0.6) is 0 Å². The molecule has 8 nitrogen and oxygen atoms in total. The average Bonchev–Trinajstić information content (AvgIpc) is 3.19.